The van der Waals surface area contributed by atoms with Gasteiger partial charge in [-0.05, 0) is 18.6 Å². The van der Waals surface area contributed by atoms with Crippen LogP contribution in [0.1, 0.15) is 16.9 Å². The van der Waals surface area contributed by atoms with Crippen molar-refractivity contribution in [1.29, 1.82) is 0 Å². The van der Waals surface area contributed by atoms with E-state index in [1.807, 2.05) is 33.7 Å². The van der Waals surface area contributed by atoms with Crippen molar-refractivity contribution in [2.24, 2.45) is 0 Å². The van der Waals surface area contributed by atoms with Gasteiger partial charge in [0.25, 0.3) is 0 Å². The van der Waals surface area contributed by atoms with Crippen molar-refractivity contribution in [3.05, 3.63) is 42.7 Å². The van der Waals surface area contributed by atoms with Gasteiger partial charge in [-0.15, -0.1) is 0 Å². The lowest BCUT2D eigenvalue weighted by Crippen LogP contribution is -2.04. The van der Waals surface area contributed by atoms with E-state index >= 15 is 0 Å². The highest BCUT2D eigenvalue weighted by molar-refractivity contribution is 5.72. The van der Waals surface area contributed by atoms with Gasteiger partial charge in [-0.25, -0.2) is 4.98 Å². The van der Waals surface area contributed by atoms with Crippen LogP contribution in [0.2, 0.25) is 0 Å². The Kier molecular flexibility index (Phi) is 2.97. The summed E-state index contributed by atoms with van der Waals surface area (Å²) >= 11 is 0. The highest BCUT2D eigenvalue weighted by atomic mass is 16.1. The van der Waals surface area contributed by atoms with Crippen molar-refractivity contribution in [2.45, 2.75) is 19.5 Å². The molecule has 0 unspecified atom stereocenters. The number of aromatic nitrogens is 3. The van der Waals surface area contributed by atoms with E-state index in [1.54, 1.807) is 12.5 Å². The van der Waals surface area contributed by atoms with Gasteiger partial charge < -0.3 is 9.13 Å². The summed E-state index contributed by atoms with van der Waals surface area (Å²) in [6, 6.07) is 3.71. The molecule has 0 bridgehead atoms. The van der Waals surface area contributed by atoms with Gasteiger partial charge in [0.05, 0.1) is 12.0 Å². The van der Waals surface area contributed by atoms with Crippen LogP contribution in [0, 0.1) is 0 Å². The second-order valence-corrected chi connectivity index (χ2v) is 3.40. The number of carbonyl (C=O) groups is 1. The number of hydrogen-bond donors (Lipinski definition) is 0. The van der Waals surface area contributed by atoms with Crippen molar-refractivity contribution in [3.8, 4) is 0 Å². The van der Waals surface area contributed by atoms with Gasteiger partial charge in [-0.1, -0.05) is 0 Å². The molecule has 0 radical (unpaired) electrons. The van der Waals surface area contributed by atoms with E-state index < -0.39 is 0 Å². The maximum absolute atomic E-state index is 10.6. The van der Waals surface area contributed by atoms with Crippen molar-refractivity contribution in [3.63, 3.8) is 0 Å². The molecule has 0 aliphatic rings. The van der Waals surface area contributed by atoms with Gasteiger partial charge >= 0.3 is 0 Å². The molecule has 0 spiro atoms. The van der Waals surface area contributed by atoms with Gasteiger partial charge in [0, 0.05) is 31.7 Å². The fourth-order valence-corrected chi connectivity index (χ4v) is 1.58. The second kappa shape index (κ2) is 4.59. The Bertz CT molecular complexity index is 417. The summed E-state index contributed by atoms with van der Waals surface area (Å²) < 4.78 is 3.99. The van der Waals surface area contributed by atoms with Crippen molar-refractivity contribution >= 4 is 6.29 Å². The third-order valence-corrected chi connectivity index (χ3v) is 2.36. The van der Waals surface area contributed by atoms with E-state index in [9.17, 15) is 4.79 Å². The zero-order valence-electron chi connectivity index (χ0n) is 8.41. The van der Waals surface area contributed by atoms with Crippen LogP contribution in [0.4, 0.5) is 0 Å². The fourth-order valence-electron chi connectivity index (χ4n) is 1.58. The molecular formula is C11H13N3O. The first-order chi connectivity index (χ1) is 7.40. The summed E-state index contributed by atoms with van der Waals surface area (Å²) in [4.78, 5) is 14.6. The van der Waals surface area contributed by atoms with Crippen LogP contribution in [-0.4, -0.2) is 20.4 Å². The minimum absolute atomic E-state index is 0.737. The first kappa shape index (κ1) is 9.71. The SMILES string of the molecule is O=Cc1cccn1CCCn1ccnc1. The maximum atomic E-state index is 10.6. The molecule has 2 aromatic rings. The molecule has 0 aromatic carbocycles. The Morgan fingerprint density at radius 1 is 1.33 bits per heavy atom. The number of carbonyl (C=O) groups excluding carboxylic acids is 1. The standard InChI is InChI=1S/C11H13N3O/c15-9-11-3-1-6-14(11)7-2-5-13-8-4-12-10-13/h1,3-4,6,8-10H,2,5,7H2. The average Bonchev–Trinajstić information content (AvgIpc) is 2.88. The van der Waals surface area contributed by atoms with Crippen LogP contribution in [0.25, 0.3) is 0 Å². The quantitative estimate of drug-likeness (QED) is 0.692. The number of aryl methyl sites for hydroxylation is 2. The summed E-state index contributed by atoms with van der Waals surface area (Å²) in [5.41, 5.74) is 0.737. The van der Waals surface area contributed by atoms with Gasteiger partial charge in [0.1, 0.15) is 0 Å². The molecule has 0 fully saturated rings. The molecule has 78 valence electrons. The van der Waals surface area contributed by atoms with Crippen molar-refractivity contribution in [1.82, 2.24) is 14.1 Å². The molecule has 0 amide bonds. The first-order valence-corrected chi connectivity index (χ1v) is 4.96. The van der Waals surface area contributed by atoms with Gasteiger partial charge in [-0.2, -0.15) is 0 Å². The zero-order valence-corrected chi connectivity index (χ0v) is 8.41. The summed E-state index contributed by atoms with van der Waals surface area (Å²) in [5.74, 6) is 0. The Morgan fingerprint density at radius 2 is 2.27 bits per heavy atom. The van der Waals surface area contributed by atoms with E-state index in [0.717, 1.165) is 31.5 Å². The monoisotopic (exact) mass is 203 g/mol. The van der Waals surface area contributed by atoms with Gasteiger partial charge in [0.15, 0.2) is 6.29 Å². The normalized spacial score (nSPS) is 10.4. The number of nitrogens with zero attached hydrogens (tertiary/aromatic N) is 3. The lowest BCUT2D eigenvalue weighted by molar-refractivity contribution is 0.111. The summed E-state index contributed by atoms with van der Waals surface area (Å²) in [5, 5.41) is 0. The molecule has 0 atom stereocenters. The highest BCUT2D eigenvalue weighted by Gasteiger charge is 1.98. The number of imidazole rings is 1. The predicted molar refractivity (Wildman–Crippen MR) is 56.7 cm³/mol. The van der Waals surface area contributed by atoms with Crippen LogP contribution < -0.4 is 0 Å². The minimum atomic E-state index is 0.737. The first-order valence-electron chi connectivity index (χ1n) is 4.96. The average molecular weight is 203 g/mol. The number of hydrogen-bond acceptors (Lipinski definition) is 2. The molecule has 0 aliphatic heterocycles. The second-order valence-electron chi connectivity index (χ2n) is 3.40. The highest BCUT2D eigenvalue weighted by Crippen LogP contribution is 2.01. The topological polar surface area (TPSA) is 39.8 Å². The maximum Gasteiger partial charge on any atom is 0.166 e. The molecule has 4 nitrogen and oxygen atoms in total. The van der Waals surface area contributed by atoms with Gasteiger partial charge in [0.2, 0.25) is 0 Å². The van der Waals surface area contributed by atoms with E-state index in [4.69, 9.17) is 0 Å². The summed E-state index contributed by atoms with van der Waals surface area (Å²) in [6.45, 7) is 1.79. The summed E-state index contributed by atoms with van der Waals surface area (Å²) in [6.07, 6.45) is 9.32. The molecule has 0 N–H and O–H groups in total. The van der Waals surface area contributed by atoms with E-state index in [0.29, 0.717) is 0 Å². The fraction of sp³-hybridized carbons (Fsp3) is 0.273. The Labute approximate surface area is 88.2 Å². The molecule has 2 heterocycles. The third kappa shape index (κ3) is 2.34. The molecule has 15 heavy (non-hydrogen) atoms. The van der Waals surface area contributed by atoms with Crippen molar-refractivity contribution < 1.29 is 4.79 Å². The lowest BCUT2D eigenvalue weighted by atomic mass is 10.4. The van der Waals surface area contributed by atoms with Crippen LogP contribution in [0.15, 0.2) is 37.1 Å². The predicted octanol–water partition coefficient (Wildman–Crippen LogP) is 1.59. The molecule has 2 rings (SSSR count). The van der Waals surface area contributed by atoms with Crippen LogP contribution in [0.3, 0.4) is 0 Å². The van der Waals surface area contributed by atoms with Gasteiger partial charge in [-0.3, -0.25) is 4.79 Å². The van der Waals surface area contributed by atoms with Crippen LogP contribution in [-0.2, 0) is 13.1 Å². The van der Waals surface area contributed by atoms with Crippen molar-refractivity contribution in [2.75, 3.05) is 0 Å². The molecule has 4 heteroatoms. The number of aldehydes is 1. The van der Waals surface area contributed by atoms with E-state index in [2.05, 4.69) is 4.98 Å². The van der Waals surface area contributed by atoms with E-state index in [-0.39, 0.29) is 0 Å². The lowest BCUT2D eigenvalue weighted by Gasteiger charge is -2.05. The van der Waals surface area contributed by atoms with Crippen LogP contribution in [0.5, 0.6) is 0 Å². The molecule has 0 saturated heterocycles. The molecule has 0 aliphatic carbocycles. The Balaban J connectivity index is 1.86. The minimum Gasteiger partial charge on any atom is -0.345 e. The molecule has 0 saturated carbocycles. The molecular weight excluding hydrogens is 190 g/mol. The third-order valence-electron chi connectivity index (χ3n) is 2.36. The smallest absolute Gasteiger partial charge is 0.166 e. The largest absolute Gasteiger partial charge is 0.345 e. The molecule has 2 aromatic heterocycles. The van der Waals surface area contributed by atoms with E-state index in [1.165, 1.54) is 0 Å². The Hall–Kier alpha value is -1.84. The zero-order chi connectivity index (χ0) is 10.5. The summed E-state index contributed by atoms with van der Waals surface area (Å²) in [7, 11) is 0. The number of rotatable bonds is 5. The van der Waals surface area contributed by atoms with Crippen LogP contribution >= 0.6 is 0 Å². The Morgan fingerprint density at radius 3 is 3.00 bits per heavy atom.